The molecule has 1 fully saturated rings. The van der Waals surface area contributed by atoms with Gasteiger partial charge in [-0.25, -0.2) is 4.68 Å². The van der Waals surface area contributed by atoms with E-state index in [1.165, 1.54) is 6.08 Å². The molecule has 0 aliphatic carbocycles. The van der Waals surface area contributed by atoms with E-state index in [2.05, 4.69) is 20.5 Å². The molecule has 1 atom stereocenters. The number of rotatable bonds is 5. The fraction of sp³-hybridized carbons (Fsp3) is 0.227. The van der Waals surface area contributed by atoms with Gasteiger partial charge in [0.15, 0.2) is 5.69 Å². The average Bonchev–Trinajstić information content (AvgIpc) is 3.59. The third-order valence-corrected chi connectivity index (χ3v) is 5.20. The van der Waals surface area contributed by atoms with Gasteiger partial charge in [-0.1, -0.05) is 40.7 Å². The van der Waals surface area contributed by atoms with Crippen molar-refractivity contribution in [3.05, 3.63) is 66.8 Å². The van der Waals surface area contributed by atoms with Gasteiger partial charge in [0.1, 0.15) is 5.76 Å². The molecule has 1 unspecified atom stereocenters. The molecule has 4 heterocycles. The summed E-state index contributed by atoms with van der Waals surface area (Å²) in [5.41, 5.74) is 1.38. The minimum absolute atomic E-state index is 0.0347. The monoisotopic (exact) mass is 416 g/mol. The van der Waals surface area contributed by atoms with Crippen LogP contribution in [-0.4, -0.2) is 49.0 Å². The molecule has 0 saturated carbocycles. The van der Waals surface area contributed by atoms with Gasteiger partial charge in [-0.05, 0) is 31.1 Å². The Kier molecular flexibility index (Phi) is 5.14. The molecule has 1 amide bonds. The maximum Gasteiger partial charge on any atom is 0.280 e. The van der Waals surface area contributed by atoms with Crippen LogP contribution in [0.4, 0.5) is 0 Å². The molecule has 9 heteroatoms. The highest BCUT2D eigenvalue weighted by atomic mass is 16.5. The van der Waals surface area contributed by atoms with Gasteiger partial charge >= 0.3 is 0 Å². The summed E-state index contributed by atoms with van der Waals surface area (Å²) in [5, 5.41) is 12.5. The lowest BCUT2D eigenvalue weighted by Gasteiger charge is -2.31. The second kappa shape index (κ2) is 8.39. The number of benzene rings is 1. The van der Waals surface area contributed by atoms with Crippen LogP contribution in [-0.2, 0) is 4.79 Å². The van der Waals surface area contributed by atoms with Gasteiger partial charge in [-0.2, -0.15) is 4.98 Å². The quantitative estimate of drug-likeness (QED) is 0.459. The molecule has 0 bridgehead atoms. The normalized spacial score (nSPS) is 16.8. The summed E-state index contributed by atoms with van der Waals surface area (Å²) in [6, 6.07) is 13.2. The summed E-state index contributed by atoms with van der Waals surface area (Å²) in [7, 11) is 0. The van der Waals surface area contributed by atoms with Crippen LogP contribution in [0.5, 0.6) is 0 Å². The summed E-state index contributed by atoms with van der Waals surface area (Å²) < 4.78 is 12.4. The Bertz CT molecular complexity index is 1180. The van der Waals surface area contributed by atoms with Gasteiger partial charge in [0.2, 0.25) is 11.7 Å². The number of amides is 1. The predicted octanol–water partition coefficient (Wildman–Crippen LogP) is 3.47. The van der Waals surface area contributed by atoms with E-state index < -0.39 is 0 Å². The van der Waals surface area contributed by atoms with E-state index in [1.807, 2.05) is 35.2 Å². The van der Waals surface area contributed by atoms with Gasteiger partial charge < -0.3 is 13.8 Å². The smallest absolute Gasteiger partial charge is 0.280 e. The van der Waals surface area contributed by atoms with Crippen molar-refractivity contribution >= 4 is 12.0 Å². The van der Waals surface area contributed by atoms with Crippen molar-refractivity contribution in [3.63, 3.8) is 0 Å². The van der Waals surface area contributed by atoms with Crippen molar-refractivity contribution in [2.24, 2.45) is 0 Å². The van der Waals surface area contributed by atoms with Crippen molar-refractivity contribution in [1.29, 1.82) is 0 Å². The van der Waals surface area contributed by atoms with E-state index >= 15 is 0 Å². The zero-order chi connectivity index (χ0) is 21.0. The first-order chi connectivity index (χ1) is 15.3. The maximum absolute atomic E-state index is 12.6. The van der Waals surface area contributed by atoms with Crippen LogP contribution >= 0.6 is 0 Å². The van der Waals surface area contributed by atoms with E-state index in [4.69, 9.17) is 8.94 Å². The number of piperidine rings is 1. The van der Waals surface area contributed by atoms with E-state index in [-0.39, 0.29) is 11.9 Å². The van der Waals surface area contributed by atoms with Crippen LogP contribution < -0.4 is 0 Å². The standard InChI is InChI=1S/C22H20N6O3/c29-20(11-10-18-9-5-13-30-18)27-12-4-8-17(14-27)28-15-19(24-26-28)22-23-21(25-31-22)16-6-2-1-3-7-16/h1-3,5-7,9-11,13,15,17H,4,8,12,14H2/b11-10+. The summed E-state index contributed by atoms with van der Waals surface area (Å²) in [5.74, 6) is 1.42. The van der Waals surface area contributed by atoms with Crippen molar-refractivity contribution in [2.45, 2.75) is 18.9 Å². The van der Waals surface area contributed by atoms with E-state index in [0.717, 1.165) is 18.4 Å². The van der Waals surface area contributed by atoms with Crippen LogP contribution in [0.1, 0.15) is 24.6 Å². The Labute approximate surface area is 178 Å². The van der Waals surface area contributed by atoms with E-state index in [1.54, 1.807) is 35.4 Å². The Morgan fingerprint density at radius 3 is 2.90 bits per heavy atom. The van der Waals surface area contributed by atoms with Crippen LogP contribution in [0.25, 0.3) is 29.0 Å². The summed E-state index contributed by atoms with van der Waals surface area (Å²) in [4.78, 5) is 18.8. The first-order valence-corrected chi connectivity index (χ1v) is 10.1. The molecule has 156 valence electrons. The highest BCUT2D eigenvalue weighted by Crippen LogP contribution is 2.24. The van der Waals surface area contributed by atoms with Crippen molar-refractivity contribution < 1.29 is 13.7 Å². The number of carbonyl (C=O) groups excluding carboxylic acids is 1. The Hall–Kier alpha value is -4.01. The lowest BCUT2D eigenvalue weighted by atomic mass is 10.1. The Morgan fingerprint density at radius 2 is 2.06 bits per heavy atom. The number of aromatic nitrogens is 5. The first-order valence-electron chi connectivity index (χ1n) is 10.1. The van der Waals surface area contributed by atoms with Crippen molar-refractivity contribution in [3.8, 4) is 23.0 Å². The molecule has 31 heavy (non-hydrogen) atoms. The molecular weight excluding hydrogens is 396 g/mol. The Balaban J connectivity index is 1.27. The number of furan rings is 1. The minimum atomic E-state index is -0.0501. The molecule has 5 rings (SSSR count). The predicted molar refractivity (Wildman–Crippen MR) is 111 cm³/mol. The van der Waals surface area contributed by atoms with Gasteiger partial charge in [0.25, 0.3) is 5.89 Å². The van der Waals surface area contributed by atoms with Gasteiger partial charge in [-0.15, -0.1) is 5.10 Å². The largest absolute Gasteiger partial charge is 0.465 e. The molecule has 4 aromatic rings. The summed E-state index contributed by atoms with van der Waals surface area (Å²) in [6.07, 6.45) is 8.39. The highest BCUT2D eigenvalue weighted by Gasteiger charge is 2.25. The number of nitrogens with zero attached hydrogens (tertiary/aromatic N) is 6. The fourth-order valence-electron chi connectivity index (χ4n) is 3.60. The third-order valence-electron chi connectivity index (χ3n) is 5.20. The van der Waals surface area contributed by atoms with Crippen LogP contribution in [0.2, 0.25) is 0 Å². The van der Waals surface area contributed by atoms with Crippen molar-refractivity contribution in [2.75, 3.05) is 13.1 Å². The second-order valence-corrected chi connectivity index (χ2v) is 7.30. The molecule has 0 radical (unpaired) electrons. The Morgan fingerprint density at radius 1 is 1.16 bits per heavy atom. The molecule has 1 aliphatic heterocycles. The zero-order valence-electron chi connectivity index (χ0n) is 16.7. The SMILES string of the molecule is O=C(/C=C/c1ccco1)N1CCCC(n2cc(-c3nc(-c4ccccc4)no3)nn2)C1. The number of likely N-dealkylation sites (tertiary alicyclic amines) is 1. The van der Waals surface area contributed by atoms with E-state index in [0.29, 0.717) is 36.3 Å². The second-order valence-electron chi connectivity index (χ2n) is 7.30. The highest BCUT2D eigenvalue weighted by molar-refractivity contribution is 5.91. The van der Waals surface area contributed by atoms with Crippen LogP contribution in [0.15, 0.2) is 69.9 Å². The lowest BCUT2D eigenvalue weighted by molar-refractivity contribution is -0.127. The molecule has 0 N–H and O–H groups in total. The van der Waals surface area contributed by atoms with Gasteiger partial charge in [-0.3, -0.25) is 4.79 Å². The topological polar surface area (TPSA) is 103 Å². The van der Waals surface area contributed by atoms with Gasteiger partial charge in [0, 0.05) is 24.7 Å². The maximum atomic E-state index is 12.6. The zero-order valence-corrected chi connectivity index (χ0v) is 16.7. The summed E-state index contributed by atoms with van der Waals surface area (Å²) >= 11 is 0. The molecular formula is C22H20N6O3. The molecule has 9 nitrogen and oxygen atoms in total. The number of hydrogen-bond donors (Lipinski definition) is 0. The van der Waals surface area contributed by atoms with Crippen molar-refractivity contribution in [1.82, 2.24) is 30.0 Å². The molecule has 1 saturated heterocycles. The number of carbonyl (C=O) groups is 1. The van der Waals surface area contributed by atoms with E-state index in [9.17, 15) is 4.79 Å². The third kappa shape index (κ3) is 4.16. The first kappa shape index (κ1) is 19.0. The summed E-state index contributed by atoms with van der Waals surface area (Å²) in [6.45, 7) is 1.27. The molecule has 1 aromatic carbocycles. The average molecular weight is 416 g/mol. The van der Waals surface area contributed by atoms with Crippen LogP contribution in [0.3, 0.4) is 0 Å². The van der Waals surface area contributed by atoms with Crippen LogP contribution in [0, 0.1) is 0 Å². The molecule has 0 spiro atoms. The van der Waals surface area contributed by atoms with Gasteiger partial charge in [0.05, 0.1) is 18.5 Å². The fourth-order valence-corrected chi connectivity index (χ4v) is 3.60. The number of hydrogen-bond acceptors (Lipinski definition) is 7. The minimum Gasteiger partial charge on any atom is -0.465 e. The lowest BCUT2D eigenvalue weighted by Crippen LogP contribution is -2.40. The molecule has 1 aliphatic rings. The molecule has 3 aromatic heterocycles.